The summed E-state index contributed by atoms with van der Waals surface area (Å²) in [6, 6.07) is -0.305. The summed E-state index contributed by atoms with van der Waals surface area (Å²) in [7, 11) is 0. The van der Waals surface area contributed by atoms with Gasteiger partial charge < -0.3 is 15.7 Å². The Bertz CT molecular complexity index is 392. The van der Waals surface area contributed by atoms with Crippen molar-refractivity contribution in [3.8, 4) is 0 Å². The number of carboxylic acid groups (broad SMARTS) is 1. The van der Waals surface area contributed by atoms with Gasteiger partial charge in [-0.25, -0.2) is 9.78 Å². The number of nitrogens with one attached hydrogen (secondary N) is 2. The predicted octanol–water partition coefficient (Wildman–Crippen LogP) is 1.12. The monoisotopic (exact) mass is 257 g/mol. The van der Waals surface area contributed by atoms with Crippen LogP contribution in [-0.2, 0) is 11.3 Å². The molecule has 0 saturated carbocycles. The number of carboxylic acids is 1. The molecule has 3 N–H and O–H groups in total. The number of hydrogen-bond donors (Lipinski definition) is 3. The third kappa shape index (κ3) is 5.86. The van der Waals surface area contributed by atoms with Gasteiger partial charge in [0, 0.05) is 18.3 Å². The van der Waals surface area contributed by atoms with Crippen LogP contribution >= 0.6 is 11.3 Å². The minimum atomic E-state index is -0.856. The van der Waals surface area contributed by atoms with E-state index >= 15 is 0 Å². The second-order valence-electron chi connectivity index (χ2n) is 3.46. The van der Waals surface area contributed by atoms with Crippen LogP contribution in [0.1, 0.15) is 23.5 Å². The van der Waals surface area contributed by atoms with E-state index < -0.39 is 5.97 Å². The van der Waals surface area contributed by atoms with Gasteiger partial charge in [-0.2, -0.15) is 0 Å². The number of rotatable bonds is 6. The Hall–Kier alpha value is -1.63. The lowest BCUT2D eigenvalue weighted by Gasteiger charge is -2.05. The number of thiazole rings is 1. The van der Waals surface area contributed by atoms with Crippen LogP contribution in [0.5, 0.6) is 0 Å². The number of carbonyl (C=O) groups excluding carboxylic acids is 1. The van der Waals surface area contributed by atoms with Gasteiger partial charge in [-0.3, -0.25) is 4.79 Å². The number of aryl methyl sites for hydroxylation is 1. The van der Waals surface area contributed by atoms with Gasteiger partial charge in [0.2, 0.25) is 0 Å². The minimum absolute atomic E-state index is 0.0611. The van der Waals surface area contributed by atoms with Crippen LogP contribution in [-0.4, -0.2) is 28.6 Å². The number of nitrogens with zero attached hydrogens (tertiary/aromatic N) is 1. The standard InChI is InChI=1S/C10H15N3O3S/c1-7-13-8(6-17-7)5-12-10(16)11-4-2-3-9(14)15/h6H,2-5H2,1H3,(H,14,15)(H2,11,12,16). The zero-order valence-corrected chi connectivity index (χ0v) is 10.3. The van der Waals surface area contributed by atoms with Crippen LogP contribution in [0.25, 0.3) is 0 Å². The normalized spacial score (nSPS) is 9.94. The Labute approximate surface area is 103 Å². The first-order valence-corrected chi connectivity index (χ1v) is 6.10. The van der Waals surface area contributed by atoms with Gasteiger partial charge in [-0.1, -0.05) is 0 Å². The molecular formula is C10H15N3O3S. The topological polar surface area (TPSA) is 91.3 Å². The maximum Gasteiger partial charge on any atom is 0.315 e. The lowest BCUT2D eigenvalue weighted by molar-refractivity contribution is -0.137. The maximum absolute atomic E-state index is 11.3. The quantitative estimate of drug-likeness (QED) is 0.666. The predicted molar refractivity (Wildman–Crippen MR) is 64.0 cm³/mol. The molecule has 6 nitrogen and oxygen atoms in total. The van der Waals surface area contributed by atoms with Crippen molar-refractivity contribution in [2.45, 2.75) is 26.3 Å². The van der Waals surface area contributed by atoms with E-state index in [1.54, 1.807) is 0 Å². The van der Waals surface area contributed by atoms with Crippen molar-refractivity contribution < 1.29 is 14.7 Å². The molecule has 1 aromatic heterocycles. The van der Waals surface area contributed by atoms with E-state index in [4.69, 9.17) is 5.11 Å². The number of amides is 2. The number of urea groups is 1. The molecule has 7 heteroatoms. The third-order valence-electron chi connectivity index (χ3n) is 1.95. The van der Waals surface area contributed by atoms with E-state index in [9.17, 15) is 9.59 Å². The Balaban J connectivity index is 2.11. The molecule has 0 bridgehead atoms. The zero-order chi connectivity index (χ0) is 12.7. The fraction of sp³-hybridized carbons (Fsp3) is 0.500. The summed E-state index contributed by atoms with van der Waals surface area (Å²) >= 11 is 1.53. The summed E-state index contributed by atoms with van der Waals surface area (Å²) in [5, 5.41) is 16.5. The molecule has 1 rings (SSSR count). The van der Waals surface area contributed by atoms with E-state index in [-0.39, 0.29) is 12.5 Å². The van der Waals surface area contributed by atoms with Crippen LogP contribution in [0.15, 0.2) is 5.38 Å². The molecule has 0 unspecified atom stereocenters. The summed E-state index contributed by atoms with van der Waals surface area (Å²) < 4.78 is 0. The van der Waals surface area contributed by atoms with Crippen molar-refractivity contribution >= 4 is 23.3 Å². The van der Waals surface area contributed by atoms with E-state index in [0.717, 1.165) is 10.7 Å². The van der Waals surface area contributed by atoms with Gasteiger partial charge in [-0.05, 0) is 13.3 Å². The summed E-state index contributed by atoms with van der Waals surface area (Å²) in [5.74, 6) is -0.856. The second kappa shape index (κ2) is 6.85. The molecule has 0 atom stereocenters. The van der Waals surface area contributed by atoms with Gasteiger partial charge in [0.1, 0.15) is 0 Å². The van der Waals surface area contributed by atoms with Crippen molar-refractivity contribution in [3.05, 3.63) is 16.1 Å². The molecule has 94 valence electrons. The summed E-state index contributed by atoms with van der Waals surface area (Å²) in [6.45, 7) is 2.64. The fourth-order valence-corrected chi connectivity index (χ4v) is 1.78. The van der Waals surface area contributed by atoms with Crippen molar-refractivity contribution in [2.75, 3.05) is 6.54 Å². The summed E-state index contributed by atoms with van der Waals surface area (Å²) in [5.41, 5.74) is 0.827. The molecule has 0 spiro atoms. The number of hydrogen-bond acceptors (Lipinski definition) is 4. The van der Waals surface area contributed by atoms with Crippen molar-refractivity contribution in [1.29, 1.82) is 0 Å². The van der Waals surface area contributed by atoms with Gasteiger partial charge in [-0.15, -0.1) is 11.3 Å². The summed E-state index contributed by atoms with van der Waals surface area (Å²) in [4.78, 5) is 25.7. The average molecular weight is 257 g/mol. The Kier molecular flexibility index (Phi) is 5.41. The van der Waals surface area contributed by atoms with Crippen LogP contribution in [0.4, 0.5) is 4.79 Å². The minimum Gasteiger partial charge on any atom is -0.481 e. The van der Waals surface area contributed by atoms with Crippen LogP contribution in [0, 0.1) is 6.92 Å². The SMILES string of the molecule is Cc1nc(CNC(=O)NCCCC(=O)O)cs1. The molecule has 1 aromatic rings. The highest BCUT2D eigenvalue weighted by Crippen LogP contribution is 2.06. The molecule has 0 fully saturated rings. The summed E-state index contributed by atoms with van der Waals surface area (Å²) in [6.07, 6.45) is 0.490. The first-order valence-electron chi connectivity index (χ1n) is 5.22. The van der Waals surface area contributed by atoms with Crippen molar-refractivity contribution in [1.82, 2.24) is 15.6 Å². The van der Waals surface area contributed by atoms with E-state index in [2.05, 4.69) is 15.6 Å². The Morgan fingerprint density at radius 2 is 2.24 bits per heavy atom. The fourth-order valence-electron chi connectivity index (χ4n) is 1.16. The van der Waals surface area contributed by atoms with Crippen LogP contribution in [0.2, 0.25) is 0 Å². The van der Waals surface area contributed by atoms with E-state index in [1.165, 1.54) is 11.3 Å². The largest absolute Gasteiger partial charge is 0.481 e. The van der Waals surface area contributed by atoms with Crippen molar-refractivity contribution in [3.63, 3.8) is 0 Å². The van der Waals surface area contributed by atoms with Crippen LogP contribution < -0.4 is 10.6 Å². The third-order valence-corrected chi connectivity index (χ3v) is 2.77. The molecule has 0 radical (unpaired) electrons. The molecule has 0 aromatic carbocycles. The molecule has 1 heterocycles. The lowest BCUT2D eigenvalue weighted by Crippen LogP contribution is -2.35. The Morgan fingerprint density at radius 1 is 1.47 bits per heavy atom. The molecular weight excluding hydrogens is 242 g/mol. The highest BCUT2D eigenvalue weighted by Gasteiger charge is 2.03. The maximum atomic E-state index is 11.3. The molecule has 0 aliphatic carbocycles. The van der Waals surface area contributed by atoms with Crippen LogP contribution in [0.3, 0.4) is 0 Å². The number of carbonyl (C=O) groups is 2. The van der Waals surface area contributed by atoms with Gasteiger partial charge in [0.05, 0.1) is 17.2 Å². The average Bonchev–Trinajstić information content (AvgIpc) is 2.67. The molecule has 0 saturated heterocycles. The number of aliphatic carboxylic acids is 1. The first-order chi connectivity index (χ1) is 8.08. The number of aromatic nitrogens is 1. The zero-order valence-electron chi connectivity index (χ0n) is 9.52. The van der Waals surface area contributed by atoms with Gasteiger partial charge in [0.25, 0.3) is 0 Å². The van der Waals surface area contributed by atoms with Crippen molar-refractivity contribution in [2.24, 2.45) is 0 Å². The second-order valence-corrected chi connectivity index (χ2v) is 4.53. The lowest BCUT2D eigenvalue weighted by atomic mass is 10.3. The molecule has 0 aliphatic heterocycles. The highest BCUT2D eigenvalue weighted by atomic mass is 32.1. The molecule has 17 heavy (non-hydrogen) atoms. The van der Waals surface area contributed by atoms with Gasteiger partial charge >= 0.3 is 12.0 Å². The first kappa shape index (κ1) is 13.4. The highest BCUT2D eigenvalue weighted by molar-refractivity contribution is 7.09. The van der Waals surface area contributed by atoms with E-state index in [0.29, 0.717) is 19.5 Å². The molecule has 2 amide bonds. The smallest absolute Gasteiger partial charge is 0.315 e. The Morgan fingerprint density at radius 3 is 2.82 bits per heavy atom. The van der Waals surface area contributed by atoms with E-state index in [1.807, 2.05) is 12.3 Å². The van der Waals surface area contributed by atoms with Gasteiger partial charge in [0.15, 0.2) is 0 Å². The molecule has 0 aliphatic rings.